The lowest BCUT2D eigenvalue weighted by molar-refractivity contribution is 0.420. The molecule has 0 unspecified atom stereocenters. The number of hydrogen-bond donors (Lipinski definition) is 3. The van der Waals surface area contributed by atoms with E-state index in [4.69, 9.17) is 10.0 Å². The average Bonchev–Trinajstić information content (AvgIpc) is 2.49. The molecule has 0 atom stereocenters. The van der Waals surface area contributed by atoms with Crippen molar-refractivity contribution in [1.82, 2.24) is 9.97 Å². The molecule has 0 aliphatic carbocycles. The lowest BCUT2D eigenvalue weighted by Gasteiger charge is -2.08. The molecule has 0 radical (unpaired) electrons. The van der Waals surface area contributed by atoms with E-state index in [2.05, 4.69) is 9.97 Å². The number of halogens is 2. The summed E-state index contributed by atoms with van der Waals surface area (Å²) in [7, 11) is -2.13. The van der Waals surface area contributed by atoms with Crippen molar-refractivity contribution in [3.63, 3.8) is 0 Å². The van der Waals surface area contributed by atoms with Crippen LogP contribution in [0.5, 0.6) is 0 Å². The molecule has 1 heterocycles. The molecule has 1 aromatic heterocycles. The van der Waals surface area contributed by atoms with Gasteiger partial charge in [0.15, 0.2) is 11.6 Å². The Kier molecular flexibility index (Phi) is 3.47. The Hall–Kier alpha value is -2.58. The molecule has 0 aliphatic heterocycles. The highest BCUT2D eigenvalue weighted by molar-refractivity contribution is 6.58. The smallest absolute Gasteiger partial charge is 0.423 e. The lowest BCUT2D eigenvalue weighted by atomic mass is 9.79. The number of para-hydroxylation sites is 1. The van der Waals surface area contributed by atoms with Crippen molar-refractivity contribution >= 4 is 23.5 Å². The van der Waals surface area contributed by atoms with Crippen LogP contribution in [0.25, 0.3) is 22.3 Å². The number of aromatic nitrogens is 2. The zero-order chi connectivity index (χ0) is 15.9. The highest BCUT2D eigenvalue weighted by atomic mass is 19.2. The fourth-order valence-corrected chi connectivity index (χ4v) is 2.16. The van der Waals surface area contributed by atoms with Gasteiger partial charge in [-0.25, -0.2) is 13.8 Å². The summed E-state index contributed by atoms with van der Waals surface area (Å²) in [6, 6.07) is 8.62. The maximum absolute atomic E-state index is 14.1. The fraction of sp³-hybridized carbons (Fsp3) is 0. The normalized spacial score (nSPS) is 10.9. The minimum absolute atomic E-state index is 0.140. The third kappa shape index (κ3) is 2.28. The van der Waals surface area contributed by atoms with Gasteiger partial charge in [-0.05, 0) is 18.2 Å². The first-order chi connectivity index (χ1) is 10.5. The lowest BCUT2D eigenvalue weighted by Crippen LogP contribution is -2.33. The minimum Gasteiger partial charge on any atom is -0.423 e. The number of fused-ring (bicyclic) bond motifs is 1. The van der Waals surface area contributed by atoms with Crippen LogP contribution >= 0.6 is 0 Å². The number of aromatic amines is 1. The molecule has 3 rings (SSSR count). The van der Waals surface area contributed by atoms with Gasteiger partial charge in [0, 0.05) is 5.46 Å². The van der Waals surface area contributed by atoms with E-state index in [1.165, 1.54) is 0 Å². The Morgan fingerprint density at radius 1 is 1.05 bits per heavy atom. The highest BCUT2D eigenvalue weighted by Gasteiger charge is 2.23. The molecule has 3 aromatic rings. The molecule has 3 N–H and O–H groups in total. The molecule has 5 nitrogen and oxygen atoms in total. The van der Waals surface area contributed by atoms with Crippen LogP contribution < -0.4 is 11.0 Å². The highest BCUT2D eigenvalue weighted by Crippen LogP contribution is 2.21. The first kappa shape index (κ1) is 14.4. The van der Waals surface area contributed by atoms with Crippen LogP contribution in [0.4, 0.5) is 8.78 Å². The van der Waals surface area contributed by atoms with E-state index in [9.17, 15) is 13.6 Å². The van der Waals surface area contributed by atoms with Crippen molar-refractivity contribution in [2.24, 2.45) is 0 Å². The molecular formula is C14H9BF2N2O3. The zero-order valence-corrected chi connectivity index (χ0v) is 11.0. The first-order valence-corrected chi connectivity index (χ1v) is 6.32. The van der Waals surface area contributed by atoms with Gasteiger partial charge in [0.1, 0.15) is 5.82 Å². The molecular weight excluding hydrogens is 293 g/mol. The van der Waals surface area contributed by atoms with E-state index in [1.807, 2.05) is 0 Å². The van der Waals surface area contributed by atoms with Gasteiger partial charge in [-0.1, -0.05) is 18.2 Å². The summed E-state index contributed by atoms with van der Waals surface area (Å²) < 4.78 is 27.9. The number of benzene rings is 2. The Labute approximate surface area is 123 Å². The van der Waals surface area contributed by atoms with E-state index >= 15 is 0 Å². The maximum Gasteiger partial charge on any atom is 0.491 e. The van der Waals surface area contributed by atoms with Gasteiger partial charge in [0.25, 0.3) is 5.56 Å². The third-order valence-corrected chi connectivity index (χ3v) is 3.26. The van der Waals surface area contributed by atoms with Crippen LogP contribution in [-0.2, 0) is 0 Å². The van der Waals surface area contributed by atoms with E-state index in [-0.39, 0.29) is 11.4 Å². The number of nitrogens with one attached hydrogen (secondary N) is 1. The number of hydrogen-bond acceptors (Lipinski definition) is 4. The fourth-order valence-electron chi connectivity index (χ4n) is 2.16. The monoisotopic (exact) mass is 302 g/mol. The number of rotatable bonds is 2. The first-order valence-electron chi connectivity index (χ1n) is 6.32. The van der Waals surface area contributed by atoms with Crippen LogP contribution in [-0.4, -0.2) is 27.1 Å². The largest absolute Gasteiger partial charge is 0.491 e. The summed E-state index contributed by atoms with van der Waals surface area (Å²) in [5.41, 5.74) is -1.01. The molecule has 0 fully saturated rings. The predicted octanol–water partition coefficient (Wildman–Crippen LogP) is 0.548. The zero-order valence-electron chi connectivity index (χ0n) is 11.0. The van der Waals surface area contributed by atoms with E-state index in [0.717, 1.165) is 12.1 Å². The van der Waals surface area contributed by atoms with Crippen LogP contribution in [0, 0.1) is 11.6 Å². The molecule has 22 heavy (non-hydrogen) atoms. The molecule has 0 bridgehead atoms. The average molecular weight is 302 g/mol. The van der Waals surface area contributed by atoms with Crippen molar-refractivity contribution < 1.29 is 18.8 Å². The van der Waals surface area contributed by atoms with Gasteiger partial charge in [-0.2, -0.15) is 0 Å². The summed E-state index contributed by atoms with van der Waals surface area (Å²) >= 11 is 0. The molecule has 0 saturated heterocycles. The quantitative estimate of drug-likeness (QED) is 0.603. The van der Waals surface area contributed by atoms with E-state index < -0.39 is 29.8 Å². The van der Waals surface area contributed by atoms with Gasteiger partial charge in [0.2, 0.25) is 0 Å². The van der Waals surface area contributed by atoms with E-state index in [0.29, 0.717) is 10.9 Å². The van der Waals surface area contributed by atoms with Crippen LogP contribution in [0.15, 0.2) is 41.2 Å². The topological polar surface area (TPSA) is 86.2 Å². The van der Waals surface area contributed by atoms with Crippen molar-refractivity contribution in [2.75, 3.05) is 0 Å². The van der Waals surface area contributed by atoms with Crippen LogP contribution in [0.2, 0.25) is 0 Å². The third-order valence-electron chi connectivity index (χ3n) is 3.26. The van der Waals surface area contributed by atoms with Crippen molar-refractivity contribution in [2.45, 2.75) is 0 Å². The molecule has 0 spiro atoms. The summed E-state index contributed by atoms with van der Waals surface area (Å²) in [5, 5.41) is 18.2. The molecule has 110 valence electrons. The van der Waals surface area contributed by atoms with E-state index in [1.54, 1.807) is 24.3 Å². The van der Waals surface area contributed by atoms with Crippen LogP contribution in [0.1, 0.15) is 0 Å². The van der Waals surface area contributed by atoms with Gasteiger partial charge in [-0.3, -0.25) is 4.79 Å². The summed E-state index contributed by atoms with van der Waals surface area (Å²) in [4.78, 5) is 18.4. The molecule has 8 heteroatoms. The van der Waals surface area contributed by atoms with Crippen LogP contribution in [0.3, 0.4) is 0 Å². The van der Waals surface area contributed by atoms with Crippen molar-refractivity contribution in [1.29, 1.82) is 0 Å². The van der Waals surface area contributed by atoms with Gasteiger partial charge < -0.3 is 15.0 Å². The van der Waals surface area contributed by atoms with Crippen molar-refractivity contribution in [3.8, 4) is 11.4 Å². The van der Waals surface area contributed by atoms with Gasteiger partial charge in [0.05, 0.1) is 16.5 Å². The standard InChI is InChI=1S/C14H9BF2N2O3/c16-11-8(5-6-9(12(11)17)15(21)22)13-18-10-4-2-1-3-7(10)14(20)19-13/h1-6,21-22H,(H,18,19,20). The molecule has 0 amide bonds. The Bertz CT molecular complexity index is 928. The summed E-state index contributed by atoms with van der Waals surface area (Å²) in [6.07, 6.45) is 0. The molecule has 0 saturated carbocycles. The second kappa shape index (κ2) is 5.32. The van der Waals surface area contributed by atoms with Gasteiger partial charge >= 0.3 is 7.12 Å². The summed E-state index contributed by atoms with van der Waals surface area (Å²) in [5.74, 6) is -2.86. The Morgan fingerprint density at radius 2 is 1.77 bits per heavy atom. The summed E-state index contributed by atoms with van der Waals surface area (Å²) in [6.45, 7) is 0. The second-order valence-electron chi connectivity index (χ2n) is 4.64. The molecule has 0 aliphatic rings. The Balaban J connectivity index is 2.24. The minimum atomic E-state index is -2.13. The van der Waals surface area contributed by atoms with Gasteiger partial charge in [-0.15, -0.1) is 0 Å². The number of H-pyrrole nitrogens is 1. The Morgan fingerprint density at radius 3 is 2.50 bits per heavy atom. The SMILES string of the molecule is O=c1[nH]c(-c2ccc(B(O)O)c(F)c2F)nc2ccccc12. The predicted molar refractivity (Wildman–Crippen MR) is 77.5 cm³/mol. The second-order valence-corrected chi connectivity index (χ2v) is 4.64. The maximum atomic E-state index is 14.1. The molecule has 2 aromatic carbocycles. The number of nitrogens with zero attached hydrogens (tertiary/aromatic N) is 1. The van der Waals surface area contributed by atoms with Crippen molar-refractivity contribution in [3.05, 3.63) is 58.4 Å².